The molecule has 0 unspecified atom stereocenters. The Kier molecular flexibility index (Phi) is 7.70. The number of nitrogens with one attached hydrogen (secondary N) is 2. The van der Waals surface area contributed by atoms with Crippen LogP contribution in [0.5, 0.6) is 0 Å². The van der Waals surface area contributed by atoms with Crippen molar-refractivity contribution in [3.63, 3.8) is 0 Å². The Hall–Kier alpha value is -2.84. The summed E-state index contributed by atoms with van der Waals surface area (Å²) in [6, 6.07) is 13.1. The van der Waals surface area contributed by atoms with Crippen LogP contribution in [0.4, 0.5) is 11.4 Å². The number of anilines is 2. The number of benzene rings is 2. The van der Waals surface area contributed by atoms with Gasteiger partial charge < -0.3 is 15.2 Å². The molecule has 0 atom stereocenters. The zero-order valence-corrected chi connectivity index (χ0v) is 19.2. The van der Waals surface area contributed by atoms with Crippen LogP contribution in [0.2, 0.25) is 5.02 Å². The van der Waals surface area contributed by atoms with E-state index < -0.39 is 0 Å². The van der Waals surface area contributed by atoms with Gasteiger partial charge in [0.1, 0.15) is 5.82 Å². The molecule has 0 radical (unpaired) electrons. The monoisotopic (exact) mass is 457 g/mol. The molecule has 0 aliphatic heterocycles. The largest absolute Gasteiger partial charge is 0.326 e. The van der Waals surface area contributed by atoms with Crippen molar-refractivity contribution in [2.45, 2.75) is 31.8 Å². The Balaban J connectivity index is 1.55. The lowest BCUT2D eigenvalue weighted by atomic mass is 10.1. The fourth-order valence-corrected chi connectivity index (χ4v) is 3.82. The first-order chi connectivity index (χ1) is 14.9. The van der Waals surface area contributed by atoms with Crippen LogP contribution in [-0.4, -0.2) is 32.3 Å². The van der Waals surface area contributed by atoms with Crippen LogP contribution < -0.4 is 10.6 Å². The van der Waals surface area contributed by atoms with Crippen molar-refractivity contribution >= 4 is 46.6 Å². The number of carbonyl (C=O) groups is 2. The van der Waals surface area contributed by atoms with E-state index in [1.807, 2.05) is 44.2 Å². The van der Waals surface area contributed by atoms with Crippen LogP contribution in [0.1, 0.15) is 23.9 Å². The second kappa shape index (κ2) is 10.5. The number of hydrogen-bond acceptors (Lipinski definition) is 5. The van der Waals surface area contributed by atoms with E-state index in [1.165, 1.54) is 11.8 Å². The highest BCUT2D eigenvalue weighted by molar-refractivity contribution is 7.99. The highest BCUT2D eigenvalue weighted by Gasteiger charge is 2.15. The van der Waals surface area contributed by atoms with E-state index in [9.17, 15) is 9.59 Å². The maximum atomic E-state index is 12.4. The van der Waals surface area contributed by atoms with Gasteiger partial charge in [-0.25, -0.2) is 0 Å². The van der Waals surface area contributed by atoms with Gasteiger partial charge in [-0.1, -0.05) is 54.6 Å². The summed E-state index contributed by atoms with van der Waals surface area (Å²) in [5.41, 5.74) is 3.48. The Morgan fingerprint density at radius 1 is 1.10 bits per heavy atom. The molecule has 31 heavy (non-hydrogen) atoms. The lowest BCUT2D eigenvalue weighted by Crippen LogP contribution is -2.17. The second-order valence-corrected chi connectivity index (χ2v) is 8.34. The Bertz CT molecular complexity index is 1100. The number of para-hydroxylation sites is 1. The number of halogens is 1. The molecule has 0 fully saturated rings. The van der Waals surface area contributed by atoms with Crippen molar-refractivity contribution in [2.24, 2.45) is 7.05 Å². The van der Waals surface area contributed by atoms with E-state index >= 15 is 0 Å². The minimum absolute atomic E-state index is 0.0611. The predicted octanol–water partition coefficient (Wildman–Crippen LogP) is 4.25. The molecule has 2 amide bonds. The van der Waals surface area contributed by atoms with E-state index in [4.69, 9.17) is 11.6 Å². The minimum Gasteiger partial charge on any atom is -0.326 e. The van der Waals surface area contributed by atoms with Gasteiger partial charge >= 0.3 is 0 Å². The maximum absolute atomic E-state index is 12.4. The molecule has 2 N–H and O–H groups in total. The summed E-state index contributed by atoms with van der Waals surface area (Å²) in [5, 5.41) is 15.1. The maximum Gasteiger partial charge on any atom is 0.234 e. The van der Waals surface area contributed by atoms with Gasteiger partial charge in [-0.05, 0) is 42.7 Å². The molecule has 1 aromatic heterocycles. The van der Waals surface area contributed by atoms with Gasteiger partial charge in [-0.2, -0.15) is 0 Å². The number of carbonyl (C=O) groups excluding carboxylic acids is 2. The minimum atomic E-state index is -0.221. The second-order valence-electron chi connectivity index (χ2n) is 6.99. The Labute approximate surface area is 190 Å². The molecule has 0 aliphatic rings. The topological polar surface area (TPSA) is 88.9 Å². The molecule has 3 aromatic rings. The van der Waals surface area contributed by atoms with Gasteiger partial charge in [0.05, 0.1) is 12.2 Å². The highest BCUT2D eigenvalue weighted by Crippen LogP contribution is 2.21. The molecule has 1 heterocycles. The van der Waals surface area contributed by atoms with Gasteiger partial charge in [0, 0.05) is 23.4 Å². The third-order valence-corrected chi connectivity index (χ3v) is 6.13. The lowest BCUT2D eigenvalue weighted by Gasteiger charge is -2.09. The first kappa shape index (κ1) is 22.8. The van der Waals surface area contributed by atoms with Gasteiger partial charge in [0.2, 0.25) is 11.8 Å². The van der Waals surface area contributed by atoms with Gasteiger partial charge in [0.25, 0.3) is 0 Å². The summed E-state index contributed by atoms with van der Waals surface area (Å²) < 4.78 is 1.72. The Morgan fingerprint density at radius 3 is 2.61 bits per heavy atom. The average Bonchev–Trinajstić information content (AvgIpc) is 3.09. The predicted molar refractivity (Wildman–Crippen MR) is 125 cm³/mol. The van der Waals surface area contributed by atoms with Crippen LogP contribution in [0.3, 0.4) is 0 Å². The normalized spacial score (nSPS) is 10.7. The zero-order valence-electron chi connectivity index (χ0n) is 17.6. The number of thioether (sulfide) groups is 1. The van der Waals surface area contributed by atoms with Crippen molar-refractivity contribution in [3.05, 3.63) is 64.4 Å². The van der Waals surface area contributed by atoms with Crippen molar-refractivity contribution in [1.82, 2.24) is 14.8 Å². The van der Waals surface area contributed by atoms with E-state index in [1.54, 1.807) is 23.7 Å². The molecule has 7 nitrogen and oxygen atoms in total. The van der Waals surface area contributed by atoms with Crippen LogP contribution in [-0.2, 0) is 29.5 Å². The molecule has 0 saturated carbocycles. The van der Waals surface area contributed by atoms with E-state index in [0.29, 0.717) is 21.7 Å². The molecule has 0 spiro atoms. The number of rotatable bonds is 8. The van der Waals surface area contributed by atoms with Crippen molar-refractivity contribution in [1.29, 1.82) is 0 Å². The number of aryl methyl sites for hydroxylation is 2. The lowest BCUT2D eigenvalue weighted by molar-refractivity contribution is -0.116. The fourth-order valence-electron chi connectivity index (χ4n) is 2.91. The highest BCUT2D eigenvalue weighted by atomic mass is 35.5. The van der Waals surface area contributed by atoms with Gasteiger partial charge in [0.15, 0.2) is 5.16 Å². The first-order valence-corrected chi connectivity index (χ1v) is 11.2. The fraction of sp³-hybridized carbons (Fsp3) is 0.273. The molecule has 2 aromatic carbocycles. The summed E-state index contributed by atoms with van der Waals surface area (Å²) >= 11 is 7.37. The zero-order chi connectivity index (χ0) is 22.4. The number of nitrogens with zero attached hydrogens (tertiary/aromatic N) is 3. The first-order valence-electron chi connectivity index (χ1n) is 9.82. The molecule has 0 saturated heterocycles. The van der Waals surface area contributed by atoms with Gasteiger partial charge in [-0.15, -0.1) is 10.2 Å². The number of aromatic nitrogens is 3. The molecule has 0 aliphatic carbocycles. The van der Waals surface area contributed by atoms with Crippen LogP contribution in [0.15, 0.2) is 47.6 Å². The van der Waals surface area contributed by atoms with E-state index in [-0.39, 0.29) is 24.0 Å². The molecular weight excluding hydrogens is 434 g/mol. The summed E-state index contributed by atoms with van der Waals surface area (Å²) in [6.07, 6.45) is 0.902. The number of hydrogen-bond donors (Lipinski definition) is 2. The summed E-state index contributed by atoms with van der Waals surface area (Å²) in [7, 11) is 1.78. The van der Waals surface area contributed by atoms with Crippen LogP contribution in [0, 0.1) is 6.92 Å². The third-order valence-electron chi connectivity index (χ3n) is 4.70. The summed E-state index contributed by atoms with van der Waals surface area (Å²) in [5.74, 6) is 0.359. The van der Waals surface area contributed by atoms with Crippen molar-refractivity contribution in [3.8, 4) is 0 Å². The smallest absolute Gasteiger partial charge is 0.234 e. The molecule has 9 heteroatoms. The van der Waals surface area contributed by atoms with Crippen LogP contribution in [0.25, 0.3) is 0 Å². The molecular formula is C22H24ClN5O2S. The third kappa shape index (κ3) is 6.08. The SMILES string of the molecule is CCc1ccccc1NC(=O)CSc1nnc(CC(=O)Nc2ccc(C)c(Cl)c2)n1C. The van der Waals surface area contributed by atoms with Crippen molar-refractivity contribution < 1.29 is 9.59 Å². The van der Waals surface area contributed by atoms with Crippen molar-refractivity contribution in [2.75, 3.05) is 16.4 Å². The average molecular weight is 458 g/mol. The quantitative estimate of drug-likeness (QED) is 0.493. The Morgan fingerprint density at radius 2 is 1.87 bits per heavy atom. The molecule has 162 valence electrons. The van der Waals surface area contributed by atoms with E-state index in [2.05, 4.69) is 20.8 Å². The molecule has 0 bridgehead atoms. The summed E-state index contributed by atoms with van der Waals surface area (Å²) in [4.78, 5) is 24.7. The molecule has 3 rings (SSSR count). The standard InChI is InChI=1S/C22H24ClN5O2S/c1-4-15-7-5-6-8-18(15)25-21(30)13-31-22-27-26-19(28(22)3)12-20(29)24-16-10-9-14(2)17(23)11-16/h5-11H,4,12-13H2,1-3H3,(H,24,29)(H,25,30). The van der Waals surface area contributed by atoms with Gasteiger partial charge in [-0.3, -0.25) is 9.59 Å². The van der Waals surface area contributed by atoms with E-state index in [0.717, 1.165) is 23.2 Å². The van der Waals surface area contributed by atoms with Crippen LogP contribution >= 0.6 is 23.4 Å². The summed E-state index contributed by atoms with van der Waals surface area (Å²) in [6.45, 7) is 3.94. The number of amides is 2.